The summed E-state index contributed by atoms with van der Waals surface area (Å²) in [5.74, 6) is 0.984. The van der Waals surface area contributed by atoms with Crippen LogP contribution in [-0.2, 0) is 17.7 Å². The van der Waals surface area contributed by atoms with E-state index in [1.807, 2.05) is 38.2 Å². The number of rotatable bonds is 3. The molecule has 2 aliphatic heterocycles. The lowest BCUT2D eigenvalue weighted by atomic mass is 9.82. The molecule has 0 atom stereocenters. The van der Waals surface area contributed by atoms with Crippen molar-refractivity contribution in [2.24, 2.45) is 0 Å². The Balaban J connectivity index is 1.23. The number of ether oxygens (including phenoxy) is 2. The second-order valence-electron chi connectivity index (χ2n) is 10.5. The highest BCUT2D eigenvalue weighted by molar-refractivity contribution is 5.68. The molecule has 0 radical (unpaired) electrons. The Hall–Kier alpha value is -3.28. The summed E-state index contributed by atoms with van der Waals surface area (Å²) in [7, 11) is 0. The molecule has 6 heteroatoms. The van der Waals surface area contributed by atoms with Crippen LogP contribution < -0.4 is 4.74 Å². The monoisotopic (exact) mass is 459 g/mol. The Morgan fingerprint density at radius 1 is 1.06 bits per heavy atom. The highest BCUT2D eigenvalue weighted by atomic mass is 16.6. The molecule has 5 rings (SSSR count). The Labute approximate surface area is 201 Å². The van der Waals surface area contributed by atoms with E-state index >= 15 is 0 Å². The van der Waals surface area contributed by atoms with E-state index in [9.17, 15) is 4.79 Å². The molecule has 0 aliphatic carbocycles. The molecular formula is C28H33N3O3. The second kappa shape index (κ2) is 8.82. The maximum atomic E-state index is 12.4. The largest absolute Gasteiger partial charge is 0.487 e. The molecule has 34 heavy (non-hydrogen) atoms. The third-order valence-corrected chi connectivity index (χ3v) is 6.77. The molecule has 0 saturated carbocycles. The number of hydrogen-bond donors (Lipinski definition) is 0. The third kappa shape index (κ3) is 4.96. The van der Waals surface area contributed by atoms with Crippen LogP contribution in [0.15, 0.2) is 61.2 Å². The number of fused-ring (bicyclic) bond motifs is 1. The number of carbonyl (C=O) groups excluding carboxylic acids is 1. The van der Waals surface area contributed by atoms with E-state index < -0.39 is 5.60 Å². The molecule has 1 fully saturated rings. The fourth-order valence-corrected chi connectivity index (χ4v) is 4.87. The molecule has 0 N–H and O–H groups in total. The number of piperidine rings is 1. The van der Waals surface area contributed by atoms with E-state index in [-0.39, 0.29) is 11.7 Å². The van der Waals surface area contributed by atoms with Gasteiger partial charge in [0.05, 0.1) is 6.33 Å². The molecule has 1 saturated heterocycles. The Morgan fingerprint density at radius 3 is 2.47 bits per heavy atom. The van der Waals surface area contributed by atoms with Gasteiger partial charge in [0.15, 0.2) is 0 Å². The summed E-state index contributed by atoms with van der Waals surface area (Å²) in [5.41, 5.74) is 4.30. The lowest BCUT2D eigenvalue weighted by Gasteiger charge is -2.44. The Kier molecular flexibility index (Phi) is 5.84. The van der Waals surface area contributed by atoms with Crippen molar-refractivity contribution < 1.29 is 14.3 Å². The van der Waals surface area contributed by atoms with Gasteiger partial charge in [-0.25, -0.2) is 9.78 Å². The highest BCUT2D eigenvalue weighted by Gasteiger charge is 2.41. The van der Waals surface area contributed by atoms with E-state index in [0.29, 0.717) is 13.1 Å². The first kappa shape index (κ1) is 22.5. The number of aromatic nitrogens is 2. The van der Waals surface area contributed by atoms with Gasteiger partial charge in [0.1, 0.15) is 17.0 Å². The van der Waals surface area contributed by atoms with Crippen LogP contribution in [0.1, 0.15) is 51.2 Å². The quantitative estimate of drug-likeness (QED) is 0.505. The van der Waals surface area contributed by atoms with Crippen LogP contribution in [0.5, 0.6) is 5.75 Å². The van der Waals surface area contributed by atoms with Crippen molar-refractivity contribution in [2.45, 2.75) is 64.2 Å². The summed E-state index contributed by atoms with van der Waals surface area (Å²) in [6.45, 7) is 7.89. The van der Waals surface area contributed by atoms with Crippen LogP contribution >= 0.6 is 0 Å². The van der Waals surface area contributed by atoms with E-state index in [0.717, 1.165) is 38.0 Å². The van der Waals surface area contributed by atoms with Gasteiger partial charge >= 0.3 is 6.09 Å². The fourth-order valence-electron chi connectivity index (χ4n) is 4.87. The molecular weight excluding hydrogens is 426 g/mol. The topological polar surface area (TPSA) is 56.6 Å². The highest BCUT2D eigenvalue weighted by Crippen LogP contribution is 2.41. The van der Waals surface area contributed by atoms with Crippen molar-refractivity contribution in [3.8, 4) is 16.9 Å². The lowest BCUT2D eigenvalue weighted by Crippen LogP contribution is -2.52. The van der Waals surface area contributed by atoms with Gasteiger partial charge in [-0.3, -0.25) is 0 Å². The van der Waals surface area contributed by atoms with Crippen molar-refractivity contribution in [3.63, 3.8) is 0 Å². The summed E-state index contributed by atoms with van der Waals surface area (Å²) >= 11 is 0. The van der Waals surface area contributed by atoms with Crippen molar-refractivity contribution >= 4 is 6.09 Å². The minimum atomic E-state index is -0.468. The number of aryl methyl sites for hydroxylation is 1. The van der Waals surface area contributed by atoms with Gasteiger partial charge in [-0.05, 0) is 68.0 Å². The van der Waals surface area contributed by atoms with E-state index in [1.54, 1.807) is 6.20 Å². The normalized spacial score (nSPS) is 17.2. The van der Waals surface area contributed by atoms with Gasteiger partial charge in [-0.15, -0.1) is 0 Å². The molecule has 6 nitrogen and oxygen atoms in total. The first-order chi connectivity index (χ1) is 16.3. The minimum absolute atomic E-state index is 0.179. The number of likely N-dealkylation sites (tertiary alicyclic amines) is 1. The molecule has 2 aromatic carbocycles. The SMILES string of the molecule is CC(C)(C)OC(=O)N1CCC2(CCc3cc(-c4ccc(Cn5ccnc5)cc4)ccc3O2)CC1. The van der Waals surface area contributed by atoms with Crippen molar-refractivity contribution in [1.29, 1.82) is 0 Å². The van der Waals surface area contributed by atoms with Gasteiger partial charge in [0.2, 0.25) is 0 Å². The zero-order chi connectivity index (χ0) is 23.8. The van der Waals surface area contributed by atoms with Gasteiger partial charge in [0.25, 0.3) is 0 Å². The molecule has 0 unspecified atom stereocenters. The number of benzene rings is 2. The third-order valence-electron chi connectivity index (χ3n) is 6.77. The molecule has 3 aromatic rings. The van der Waals surface area contributed by atoms with Crippen molar-refractivity contribution in [3.05, 3.63) is 72.3 Å². The zero-order valence-corrected chi connectivity index (χ0v) is 20.3. The van der Waals surface area contributed by atoms with Gasteiger partial charge in [0, 0.05) is 44.9 Å². The number of carbonyl (C=O) groups is 1. The van der Waals surface area contributed by atoms with Crippen LogP contribution in [0.3, 0.4) is 0 Å². The van der Waals surface area contributed by atoms with Crippen LogP contribution in [0, 0.1) is 0 Å². The number of hydrogen-bond acceptors (Lipinski definition) is 4. The van der Waals surface area contributed by atoms with Crippen molar-refractivity contribution in [1.82, 2.24) is 14.5 Å². The molecule has 2 aliphatic rings. The summed E-state index contributed by atoms with van der Waals surface area (Å²) in [6, 6.07) is 15.3. The molecule has 1 amide bonds. The maximum absolute atomic E-state index is 12.4. The second-order valence-corrected chi connectivity index (χ2v) is 10.5. The standard InChI is InChI=1S/C28H33N3O3/c1-27(2,3)34-26(32)31-15-12-28(13-16-31)11-10-24-18-23(8-9-25(24)33-28)22-6-4-21(5-7-22)19-30-17-14-29-20-30/h4-9,14,17-18,20H,10-13,15-16,19H2,1-3H3. The van der Waals surface area contributed by atoms with Crippen molar-refractivity contribution in [2.75, 3.05) is 13.1 Å². The number of nitrogens with zero attached hydrogens (tertiary/aromatic N) is 3. The average Bonchev–Trinajstić information content (AvgIpc) is 3.32. The van der Waals surface area contributed by atoms with Crippen LogP contribution in [0.4, 0.5) is 4.79 Å². The van der Waals surface area contributed by atoms with Crippen LogP contribution in [-0.4, -0.2) is 44.8 Å². The first-order valence-electron chi connectivity index (χ1n) is 12.1. The Bertz CT molecular complexity index is 1140. The summed E-state index contributed by atoms with van der Waals surface area (Å²) in [5, 5.41) is 0. The Morgan fingerprint density at radius 2 is 1.79 bits per heavy atom. The zero-order valence-electron chi connectivity index (χ0n) is 20.3. The van der Waals surface area contributed by atoms with Crippen LogP contribution in [0.25, 0.3) is 11.1 Å². The number of imidazole rings is 1. The number of amides is 1. The smallest absolute Gasteiger partial charge is 0.410 e. The minimum Gasteiger partial charge on any atom is -0.487 e. The molecule has 0 bridgehead atoms. The first-order valence-corrected chi connectivity index (χ1v) is 12.1. The molecule has 1 spiro atoms. The predicted octanol–water partition coefficient (Wildman–Crippen LogP) is 5.69. The average molecular weight is 460 g/mol. The maximum Gasteiger partial charge on any atom is 0.410 e. The predicted molar refractivity (Wildman–Crippen MR) is 132 cm³/mol. The molecule has 178 valence electrons. The fraction of sp³-hybridized carbons (Fsp3) is 0.429. The lowest BCUT2D eigenvalue weighted by molar-refractivity contribution is -0.0272. The van der Waals surface area contributed by atoms with Gasteiger partial charge in [-0.1, -0.05) is 30.3 Å². The van der Waals surface area contributed by atoms with Gasteiger partial charge < -0.3 is 18.9 Å². The molecule has 1 aromatic heterocycles. The van der Waals surface area contributed by atoms with E-state index in [1.165, 1.54) is 22.3 Å². The molecule has 3 heterocycles. The summed E-state index contributed by atoms with van der Waals surface area (Å²) in [6.07, 6.45) is 9.05. The summed E-state index contributed by atoms with van der Waals surface area (Å²) < 4.78 is 14.2. The summed E-state index contributed by atoms with van der Waals surface area (Å²) in [4.78, 5) is 18.3. The van der Waals surface area contributed by atoms with E-state index in [4.69, 9.17) is 9.47 Å². The van der Waals surface area contributed by atoms with Crippen LogP contribution in [0.2, 0.25) is 0 Å². The van der Waals surface area contributed by atoms with E-state index in [2.05, 4.69) is 52.0 Å². The van der Waals surface area contributed by atoms with Gasteiger partial charge in [-0.2, -0.15) is 0 Å².